The van der Waals surface area contributed by atoms with E-state index in [0.717, 1.165) is 11.1 Å². The number of hydrogen-bond donors (Lipinski definition) is 2. The molecule has 1 amide bonds. The summed E-state index contributed by atoms with van der Waals surface area (Å²) in [5, 5.41) is 10.8. The molecule has 0 aliphatic rings. The Morgan fingerprint density at radius 2 is 2.03 bits per heavy atom. The van der Waals surface area contributed by atoms with Gasteiger partial charge in [0.05, 0.1) is 42.1 Å². The summed E-state index contributed by atoms with van der Waals surface area (Å²) < 4.78 is 23.9. The zero-order valence-corrected chi connectivity index (χ0v) is 15.6. The van der Waals surface area contributed by atoms with Gasteiger partial charge < -0.3 is 14.5 Å². The smallest absolute Gasteiger partial charge is 0.255 e. The average molecular weight is 391 g/mol. The van der Waals surface area contributed by atoms with E-state index in [4.69, 9.17) is 9.15 Å². The number of aromatic amines is 1. The molecule has 4 aromatic rings. The predicted octanol–water partition coefficient (Wildman–Crippen LogP) is 4.40. The van der Waals surface area contributed by atoms with Crippen LogP contribution in [0.15, 0.2) is 59.2 Å². The number of halogens is 1. The zero-order chi connectivity index (χ0) is 20.2. The van der Waals surface area contributed by atoms with Crippen molar-refractivity contribution in [3.8, 4) is 5.75 Å². The van der Waals surface area contributed by atoms with Crippen LogP contribution in [0.3, 0.4) is 0 Å². The van der Waals surface area contributed by atoms with Crippen molar-refractivity contribution >= 4 is 29.0 Å². The first-order valence-corrected chi connectivity index (χ1v) is 8.95. The maximum Gasteiger partial charge on any atom is 0.255 e. The molecule has 0 atom stereocenters. The van der Waals surface area contributed by atoms with Crippen LogP contribution in [0.4, 0.5) is 4.39 Å². The molecule has 0 fully saturated rings. The number of hydrogen-bond acceptors (Lipinski definition) is 4. The highest BCUT2D eigenvalue weighted by molar-refractivity contribution is 6.05. The Kier molecular flexibility index (Phi) is 5.11. The third-order valence-electron chi connectivity index (χ3n) is 4.47. The van der Waals surface area contributed by atoms with Crippen LogP contribution in [0.2, 0.25) is 0 Å². The summed E-state index contributed by atoms with van der Waals surface area (Å²) in [4.78, 5) is 12.7. The van der Waals surface area contributed by atoms with Crippen molar-refractivity contribution < 1.29 is 18.3 Å². The number of nitrogens with zero attached hydrogens (tertiary/aromatic N) is 1. The normalized spacial score (nSPS) is 11.2. The molecule has 0 saturated heterocycles. The molecule has 0 aliphatic heterocycles. The minimum Gasteiger partial charge on any atom is -0.495 e. The van der Waals surface area contributed by atoms with Crippen molar-refractivity contribution in [2.75, 3.05) is 7.11 Å². The van der Waals surface area contributed by atoms with Crippen LogP contribution in [-0.4, -0.2) is 23.2 Å². The second-order valence-electron chi connectivity index (χ2n) is 6.32. The maximum atomic E-state index is 13.1. The number of benzene rings is 2. The standard InChI is InChI=1S/C22H18FN3O3/c1-28-21-17(22(27)24-13-16-3-2-12-29-16)9-11-19-20(21)18(25-26-19)10-6-14-4-7-15(23)8-5-14/h2-12H,13H2,1H3,(H,24,27)(H,25,26). The molecule has 0 bridgehead atoms. The Bertz CT molecular complexity index is 1160. The number of H-pyrrole nitrogens is 1. The Hall–Kier alpha value is -3.87. The van der Waals surface area contributed by atoms with Crippen LogP contribution in [0.25, 0.3) is 23.1 Å². The lowest BCUT2D eigenvalue weighted by Crippen LogP contribution is -2.23. The molecule has 7 heteroatoms. The maximum absolute atomic E-state index is 13.1. The number of amides is 1. The second kappa shape index (κ2) is 8.02. The van der Waals surface area contributed by atoms with E-state index in [1.165, 1.54) is 19.2 Å². The zero-order valence-electron chi connectivity index (χ0n) is 15.6. The summed E-state index contributed by atoms with van der Waals surface area (Å²) in [7, 11) is 1.51. The Morgan fingerprint density at radius 3 is 2.76 bits per heavy atom. The molecule has 2 heterocycles. The fourth-order valence-corrected chi connectivity index (χ4v) is 3.04. The Balaban J connectivity index is 1.65. The van der Waals surface area contributed by atoms with Crippen molar-refractivity contribution in [1.29, 1.82) is 0 Å². The lowest BCUT2D eigenvalue weighted by atomic mass is 10.1. The topological polar surface area (TPSA) is 80.1 Å². The van der Waals surface area contributed by atoms with E-state index < -0.39 is 0 Å². The first kappa shape index (κ1) is 18.5. The van der Waals surface area contributed by atoms with Crippen LogP contribution < -0.4 is 10.1 Å². The predicted molar refractivity (Wildman–Crippen MR) is 108 cm³/mol. The van der Waals surface area contributed by atoms with Gasteiger partial charge in [0.25, 0.3) is 5.91 Å². The molecule has 6 nitrogen and oxygen atoms in total. The van der Waals surface area contributed by atoms with E-state index in [-0.39, 0.29) is 18.3 Å². The molecule has 2 N–H and O–H groups in total. The highest BCUT2D eigenvalue weighted by atomic mass is 19.1. The summed E-state index contributed by atoms with van der Waals surface area (Å²) >= 11 is 0. The largest absolute Gasteiger partial charge is 0.495 e. The van der Waals surface area contributed by atoms with Crippen molar-refractivity contribution in [3.05, 3.63) is 83.2 Å². The lowest BCUT2D eigenvalue weighted by Gasteiger charge is -2.10. The number of rotatable bonds is 6. The number of methoxy groups -OCH3 is 1. The highest BCUT2D eigenvalue weighted by Gasteiger charge is 2.19. The molecule has 2 aromatic carbocycles. The van der Waals surface area contributed by atoms with Gasteiger partial charge in [0.1, 0.15) is 17.3 Å². The van der Waals surface area contributed by atoms with E-state index in [9.17, 15) is 9.18 Å². The second-order valence-corrected chi connectivity index (χ2v) is 6.32. The molecule has 0 spiro atoms. The van der Waals surface area contributed by atoms with Crippen LogP contribution in [-0.2, 0) is 6.54 Å². The highest BCUT2D eigenvalue weighted by Crippen LogP contribution is 2.32. The number of carbonyl (C=O) groups is 1. The summed E-state index contributed by atoms with van der Waals surface area (Å²) in [5.41, 5.74) is 2.57. The van der Waals surface area contributed by atoms with Crippen LogP contribution >= 0.6 is 0 Å². The van der Waals surface area contributed by atoms with Crippen molar-refractivity contribution in [2.24, 2.45) is 0 Å². The molecule has 29 heavy (non-hydrogen) atoms. The van der Waals surface area contributed by atoms with Gasteiger partial charge in [-0.25, -0.2) is 4.39 Å². The summed E-state index contributed by atoms with van der Waals surface area (Å²) in [6.45, 7) is 0.274. The molecule has 0 unspecified atom stereocenters. The van der Waals surface area contributed by atoms with Gasteiger partial charge in [-0.15, -0.1) is 0 Å². The molecular weight excluding hydrogens is 373 g/mol. The Morgan fingerprint density at radius 1 is 1.21 bits per heavy atom. The van der Waals surface area contributed by atoms with Crippen molar-refractivity contribution in [2.45, 2.75) is 6.54 Å². The fourth-order valence-electron chi connectivity index (χ4n) is 3.04. The summed E-state index contributed by atoms with van der Waals surface area (Å²) in [6.07, 6.45) is 5.16. The van der Waals surface area contributed by atoms with Gasteiger partial charge in [-0.05, 0) is 48.0 Å². The summed E-state index contributed by atoms with van der Waals surface area (Å²) in [6, 6.07) is 13.1. The number of fused-ring (bicyclic) bond motifs is 1. The van der Waals surface area contributed by atoms with E-state index in [0.29, 0.717) is 28.2 Å². The van der Waals surface area contributed by atoms with Crippen LogP contribution in [0.1, 0.15) is 27.4 Å². The Labute approximate surface area is 166 Å². The van der Waals surface area contributed by atoms with Crippen LogP contribution in [0.5, 0.6) is 5.75 Å². The molecule has 146 valence electrons. The van der Waals surface area contributed by atoms with E-state index >= 15 is 0 Å². The minimum absolute atomic E-state index is 0.274. The number of furan rings is 1. The first-order valence-electron chi connectivity index (χ1n) is 8.95. The molecule has 2 aromatic heterocycles. The number of ether oxygens (including phenoxy) is 1. The minimum atomic E-state index is -0.292. The van der Waals surface area contributed by atoms with Gasteiger partial charge in [-0.1, -0.05) is 18.2 Å². The van der Waals surface area contributed by atoms with Crippen LogP contribution in [0, 0.1) is 5.82 Å². The molecule has 0 aliphatic carbocycles. The van der Waals surface area contributed by atoms with Gasteiger partial charge in [-0.2, -0.15) is 5.10 Å². The van der Waals surface area contributed by atoms with E-state index in [1.807, 2.05) is 6.08 Å². The van der Waals surface area contributed by atoms with Crippen molar-refractivity contribution in [3.63, 3.8) is 0 Å². The van der Waals surface area contributed by atoms with Crippen molar-refractivity contribution in [1.82, 2.24) is 15.5 Å². The lowest BCUT2D eigenvalue weighted by molar-refractivity contribution is 0.0945. The molecule has 4 rings (SSSR count). The fraction of sp³-hybridized carbons (Fsp3) is 0.0909. The third-order valence-corrected chi connectivity index (χ3v) is 4.47. The van der Waals surface area contributed by atoms with Gasteiger partial charge in [0.15, 0.2) is 0 Å². The monoisotopic (exact) mass is 391 g/mol. The van der Waals surface area contributed by atoms with Gasteiger partial charge in [0, 0.05) is 0 Å². The first-order chi connectivity index (χ1) is 14.2. The molecular formula is C22H18FN3O3. The number of carbonyl (C=O) groups excluding carboxylic acids is 1. The van der Waals surface area contributed by atoms with Gasteiger partial charge in [0.2, 0.25) is 0 Å². The van der Waals surface area contributed by atoms with Gasteiger partial charge in [-0.3, -0.25) is 9.89 Å². The number of nitrogens with one attached hydrogen (secondary N) is 2. The molecule has 0 saturated carbocycles. The number of aromatic nitrogens is 2. The average Bonchev–Trinajstić information content (AvgIpc) is 3.40. The summed E-state index contributed by atoms with van der Waals surface area (Å²) in [5.74, 6) is 0.505. The van der Waals surface area contributed by atoms with E-state index in [1.54, 1.807) is 48.7 Å². The van der Waals surface area contributed by atoms with Gasteiger partial charge >= 0.3 is 0 Å². The quantitative estimate of drug-likeness (QED) is 0.510. The third kappa shape index (κ3) is 3.89. The molecule has 0 radical (unpaired) electrons. The van der Waals surface area contributed by atoms with E-state index in [2.05, 4.69) is 15.5 Å². The SMILES string of the molecule is COc1c(C(=O)NCc2ccco2)ccc2[nH]nc(C=Cc3ccc(F)cc3)c12.